The monoisotopic (exact) mass is 280 g/mol. The Morgan fingerprint density at radius 2 is 2.05 bits per heavy atom. The van der Waals surface area contributed by atoms with Crippen molar-refractivity contribution >= 4 is 5.97 Å². The lowest BCUT2D eigenvalue weighted by Gasteiger charge is -2.32. The molecule has 0 spiro atoms. The maximum Gasteiger partial charge on any atom is 0.370 e. The second kappa shape index (κ2) is 6.44. The molecule has 0 aromatic carbocycles. The van der Waals surface area contributed by atoms with Crippen molar-refractivity contribution in [3.05, 3.63) is 24.0 Å². The van der Waals surface area contributed by atoms with Crippen LogP contribution in [0.5, 0.6) is 0 Å². The van der Waals surface area contributed by atoms with Crippen molar-refractivity contribution in [1.29, 1.82) is 0 Å². The Labute approximate surface area is 120 Å². The van der Waals surface area contributed by atoms with Gasteiger partial charge in [-0.3, -0.25) is 0 Å². The third-order valence-corrected chi connectivity index (χ3v) is 3.63. The number of allylic oxidation sites excluding steroid dienone is 2. The van der Waals surface area contributed by atoms with Crippen LogP contribution < -0.4 is 0 Å². The summed E-state index contributed by atoms with van der Waals surface area (Å²) in [7, 11) is 0. The number of esters is 1. The van der Waals surface area contributed by atoms with Crippen molar-refractivity contribution in [3.8, 4) is 0 Å². The second-order valence-electron chi connectivity index (χ2n) is 5.72. The fourth-order valence-corrected chi connectivity index (χ4v) is 2.61. The number of ether oxygens (including phenoxy) is 3. The molecule has 4 nitrogen and oxygen atoms in total. The van der Waals surface area contributed by atoms with E-state index in [0.29, 0.717) is 5.57 Å². The van der Waals surface area contributed by atoms with Gasteiger partial charge in [-0.1, -0.05) is 19.4 Å². The Hall–Kier alpha value is -1.29. The highest BCUT2D eigenvalue weighted by Gasteiger charge is 2.37. The first kappa shape index (κ1) is 15.1. The van der Waals surface area contributed by atoms with Crippen LogP contribution in [0.1, 0.15) is 58.8 Å². The molecular weight excluding hydrogens is 256 g/mol. The minimum absolute atomic E-state index is 0.0972. The first-order valence-corrected chi connectivity index (χ1v) is 7.43. The smallest absolute Gasteiger partial charge is 0.370 e. The zero-order chi connectivity index (χ0) is 14.6. The maximum atomic E-state index is 11.8. The molecule has 2 aliphatic carbocycles. The minimum atomic E-state index is -1.35. The normalized spacial score (nSPS) is 22.2. The maximum absolute atomic E-state index is 11.8. The van der Waals surface area contributed by atoms with Gasteiger partial charge in [0.25, 0.3) is 0 Å². The summed E-state index contributed by atoms with van der Waals surface area (Å²) in [5.74, 6) is -0.981. The van der Waals surface area contributed by atoms with Crippen molar-refractivity contribution in [3.63, 3.8) is 0 Å². The highest BCUT2D eigenvalue weighted by Crippen LogP contribution is 2.32. The van der Waals surface area contributed by atoms with Gasteiger partial charge in [-0.25, -0.2) is 4.79 Å². The molecule has 1 atom stereocenters. The van der Waals surface area contributed by atoms with Gasteiger partial charge in [0.15, 0.2) is 0 Å². The molecule has 1 unspecified atom stereocenters. The van der Waals surface area contributed by atoms with Crippen LogP contribution >= 0.6 is 0 Å². The van der Waals surface area contributed by atoms with Gasteiger partial charge in [-0.05, 0) is 38.7 Å². The lowest BCUT2D eigenvalue weighted by Crippen LogP contribution is -2.40. The van der Waals surface area contributed by atoms with Gasteiger partial charge in [0, 0.05) is 18.9 Å². The summed E-state index contributed by atoms with van der Waals surface area (Å²) in [4.78, 5) is 11.8. The summed E-state index contributed by atoms with van der Waals surface area (Å²) in [6, 6.07) is 0. The zero-order valence-electron chi connectivity index (χ0n) is 12.4. The molecule has 20 heavy (non-hydrogen) atoms. The molecule has 0 aromatic rings. The van der Waals surface area contributed by atoms with Crippen LogP contribution in [0.3, 0.4) is 0 Å². The Bertz CT molecular complexity index is 401. The lowest BCUT2D eigenvalue weighted by atomic mass is 10.3. The highest BCUT2D eigenvalue weighted by molar-refractivity contribution is 5.87. The van der Waals surface area contributed by atoms with E-state index in [1.807, 2.05) is 6.08 Å². The number of hydrogen-bond donors (Lipinski definition) is 0. The van der Waals surface area contributed by atoms with Gasteiger partial charge in [0.05, 0.1) is 11.9 Å². The summed E-state index contributed by atoms with van der Waals surface area (Å²) < 4.78 is 17.2. The molecule has 2 aliphatic rings. The third-order valence-electron chi connectivity index (χ3n) is 3.63. The Morgan fingerprint density at radius 3 is 2.60 bits per heavy atom. The first-order chi connectivity index (χ1) is 9.48. The van der Waals surface area contributed by atoms with E-state index in [4.69, 9.17) is 14.2 Å². The van der Waals surface area contributed by atoms with E-state index >= 15 is 0 Å². The number of carbonyl (C=O) groups excluding carboxylic acids is 1. The fraction of sp³-hybridized carbons (Fsp3) is 0.688. The second-order valence-corrected chi connectivity index (χ2v) is 5.72. The quantitative estimate of drug-likeness (QED) is 0.421. The van der Waals surface area contributed by atoms with E-state index in [1.54, 1.807) is 13.8 Å². The van der Waals surface area contributed by atoms with Crippen LogP contribution in [0, 0.1) is 0 Å². The van der Waals surface area contributed by atoms with Crippen LogP contribution in [-0.2, 0) is 19.0 Å². The largest absolute Gasteiger partial charge is 0.435 e. The molecule has 0 bridgehead atoms. The SMILES string of the molecule is C=C(C)C(=O)OC(C)(OC1=CCCC1)OC1CCCC1. The molecule has 0 heterocycles. The number of hydrogen-bond acceptors (Lipinski definition) is 4. The predicted octanol–water partition coefficient (Wildman–Crippen LogP) is 3.82. The summed E-state index contributed by atoms with van der Waals surface area (Å²) in [6.07, 6.45) is 9.35. The standard InChI is InChI=1S/C16H24O4/c1-12(2)15(17)20-16(3,18-13-8-4-5-9-13)19-14-10-6-7-11-14/h8,14H,1,4-7,9-11H2,2-3H3. The fourth-order valence-electron chi connectivity index (χ4n) is 2.61. The number of rotatable bonds is 6. The summed E-state index contributed by atoms with van der Waals surface area (Å²) in [5.41, 5.74) is 0.343. The predicted molar refractivity (Wildman–Crippen MR) is 75.7 cm³/mol. The van der Waals surface area contributed by atoms with Crippen molar-refractivity contribution in [2.45, 2.75) is 70.9 Å². The van der Waals surface area contributed by atoms with Gasteiger partial charge in [-0.2, -0.15) is 0 Å². The van der Waals surface area contributed by atoms with E-state index in [9.17, 15) is 4.79 Å². The Balaban J connectivity index is 2.03. The number of carbonyl (C=O) groups is 1. The molecule has 0 saturated heterocycles. The van der Waals surface area contributed by atoms with Crippen molar-refractivity contribution in [2.24, 2.45) is 0 Å². The summed E-state index contributed by atoms with van der Waals surface area (Å²) in [5, 5.41) is 0. The van der Waals surface area contributed by atoms with E-state index in [0.717, 1.165) is 50.7 Å². The van der Waals surface area contributed by atoms with Crippen molar-refractivity contribution in [1.82, 2.24) is 0 Å². The van der Waals surface area contributed by atoms with Gasteiger partial charge in [0.2, 0.25) is 0 Å². The minimum Gasteiger partial charge on any atom is -0.435 e. The van der Waals surface area contributed by atoms with Gasteiger partial charge in [0.1, 0.15) is 0 Å². The van der Waals surface area contributed by atoms with Gasteiger partial charge < -0.3 is 14.2 Å². The average Bonchev–Trinajstić information content (AvgIpc) is 3.01. The van der Waals surface area contributed by atoms with E-state index in [1.165, 1.54) is 0 Å². The first-order valence-electron chi connectivity index (χ1n) is 7.43. The molecule has 0 radical (unpaired) electrons. The van der Waals surface area contributed by atoms with Gasteiger partial charge >= 0.3 is 11.9 Å². The topological polar surface area (TPSA) is 44.8 Å². The highest BCUT2D eigenvalue weighted by atomic mass is 16.9. The third kappa shape index (κ3) is 4.10. The Morgan fingerprint density at radius 1 is 1.35 bits per heavy atom. The molecule has 0 aromatic heterocycles. The summed E-state index contributed by atoms with van der Waals surface area (Å²) >= 11 is 0. The van der Waals surface area contributed by atoms with Crippen molar-refractivity contribution in [2.75, 3.05) is 0 Å². The molecule has 1 fully saturated rings. The zero-order valence-corrected chi connectivity index (χ0v) is 12.4. The van der Waals surface area contributed by atoms with E-state index in [2.05, 4.69) is 6.58 Å². The molecule has 2 rings (SSSR count). The molecule has 4 heteroatoms. The molecular formula is C16H24O4. The molecule has 0 N–H and O–H groups in total. The van der Waals surface area contributed by atoms with Crippen LogP contribution in [0.2, 0.25) is 0 Å². The molecule has 0 aliphatic heterocycles. The summed E-state index contributed by atoms with van der Waals surface area (Å²) in [6.45, 7) is 6.89. The van der Waals surface area contributed by atoms with Crippen LogP contribution in [0.15, 0.2) is 24.0 Å². The van der Waals surface area contributed by atoms with E-state index in [-0.39, 0.29) is 6.10 Å². The Kier molecular flexibility index (Phi) is 4.86. The van der Waals surface area contributed by atoms with Crippen molar-refractivity contribution < 1.29 is 19.0 Å². The lowest BCUT2D eigenvalue weighted by molar-refractivity contribution is -0.351. The van der Waals surface area contributed by atoms with Crippen LogP contribution in [-0.4, -0.2) is 18.0 Å². The molecule has 0 amide bonds. The van der Waals surface area contributed by atoms with Crippen LogP contribution in [0.4, 0.5) is 0 Å². The molecule has 1 saturated carbocycles. The average molecular weight is 280 g/mol. The van der Waals surface area contributed by atoms with Crippen LogP contribution in [0.25, 0.3) is 0 Å². The van der Waals surface area contributed by atoms with Gasteiger partial charge in [-0.15, -0.1) is 0 Å². The molecule has 112 valence electrons. The van der Waals surface area contributed by atoms with E-state index < -0.39 is 11.9 Å².